The molecule has 2 aromatic heterocycles. The van der Waals surface area contributed by atoms with Crippen molar-refractivity contribution >= 4 is 16.7 Å². The second kappa shape index (κ2) is 4.58. The molecule has 0 aliphatic carbocycles. The molecule has 0 aromatic carbocycles. The maximum atomic E-state index is 11.7. The molecule has 0 saturated heterocycles. The van der Waals surface area contributed by atoms with Crippen LogP contribution in [-0.4, -0.2) is 37.9 Å². The van der Waals surface area contributed by atoms with Crippen LogP contribution in [0.3, 0.4) is 0 Å². The number of rotatable bonds is 2. The third-order valence-electron chi connectivity index (χ3n) is 2.97. The van der Waals surface area contributed by atoms with Gasteiger partial charge in [0.15, 0.2) is 0 Å². The average Bonchev–Trinajstić information content (AvgIpc) is 2.84. The van der Waals surface area contributed by atoms with Crippen molar-refractivity contribution in [1.82, 2.24) is 20.3 Å². The van der Waals surface area contributed by atoms with Crippen molar-refractivity contribution < 1.29 is 9.00 Å². The number of aromatic nitrogens is 3. The minimum absolute atomic E-state index is 0.0721. The molecule has 1 aliphatic rings. The maximum Gasteiger partial charge on any atom is 0.253 e. The molecular weight excluding hydrogens is 264 g/mol. The number of H-pyrrole nitrogens is 1. The first-order chi connectivity index (χ1) is 9.15. The standard InChI is InChI=1S/C12H12N4O2S/c1-19(18)12-14-5-3-9(16-12)10-6-7-8(15-10)2-4-13-11(7)17/h3,5-6,15H,2,4H2,1H3,(H,13,17). The van der Waals surface area contributed by atoms with Crippen LogP contribution in [-0.2, 0) is 17.2 Å². The molecule has 3 rings (SSSR count). The van der Waals surface area contributed by atoms with E-state index in [0.29, 0.717) is 17.8 Å². The molecule has 0 radical (unpaired) electrons. The fourth-order valence-corrected chi connectivity index (χ4v) is 2.50. The van der Waals surface area contributed by atoms with Crippen LogP contribution in [0.1, 0.15) is 16.1 Å². The van der Waals surface area contributed by atoms with Crippen molar-refractivity contribution in [3.05, 3.63) is 29.6 Å². The number of aromatic amines is 1. The van der Waals surface area contributed by atoms with Crippen LogP contribution >= 0.6 is 0 Å². The van der Waals surface area contributed by atoms with Crippen LogP contribution in [0.25, 0.3) is 11.4 Å². The van der Waals surface area contributed by atoms with Gasteiger partial charge in [0.25, 0.3) is 5.91 Å². The van der Waals surface area contributed by atoms with Gasteiger partial charge in [0.05, 0.1) is 27.8 Å². The Morgan fingerprint density at radius 2 is 2.26 bits per heavy atom. The van der Waals surface area contributed by atoms with Gasteiger partial charge in [0.1, 0.15) is 0 Å². The van der Waals surface area contributed by atoms with Crippen LogP contribution < -0.4 is 5.32 Å². The largest absolute Gasteiger partial charge is 0.356 e. The van der Waals surface area contributed by atoms with Crippen LogP contribution in [0.5, 0.6) is 0 Å². The molecule has 19 heavy (non-hydrogen) atoms. The van der Waals surface area contributed by atoms with Gasteiger partial charge in [-0.05, 0) is 12.1 Å². The van der Waals surface area contributed by atoms with Crippen LogP contribution in [0.4, 0.5) is 0 Å². The molecule has 1 atom stereocenters. The average molecular weight is 276 g/mol. The van der Waals surface area contributed by atoms with Crippen molar-refractivity contribution in [1.29, 1.82) is 0 Å². The minimum atomic E-state index is -1.23. The summed E-state index contributed by atoms with van der Waals surface area (Å²) in [5.74, 6) is -0.0721. The molecule has 2 aromatic rings. The van der Waals surface area contributed by atoms with E-state index in [0.717, 1.165) is 17.8 Å². The van der Waals surface area contributed by atoms with Gasteiger partial charge in [-0.25, -0.2) is 9.97 Å². The summed E-state index contributed by atoms with van der Waals surface area (Å²) in [6, 6.07) is 3.50. The summed E-state index contributed by atoms with van der Waals surface area (Å²) < 4.78 is 11.4. The van der Waals surface area contributed by atoms with E-state index in [1.165, 1.54) is 6.26 Å². The monoisotopic (exact) mass is 276 g/mol. The number of hydrogen-bond acceptors (Lipinski definition) is 4. The highest BCUT2D eigenvalue weighted by molar-refractivity contribution is 7.84. The smallest absolute Gasteiger partial charge is 0.253 e. The summed E-state index contributed by atoms with van der Waals surface area (Å²) in [4.78, 5) is 23.1. The lowest BCUT2D eigenvalue weighted by Gasteiger charge is -2.10. The number of fused-ring (bicyclic) bond motifs is 1. The number of carbonyl (C=O) groups is 1. The number of carbonyl (C=O) groups excluding carboxylic acids is 1. The Kier molecular flexibility index (Phi) is 2.90. The van der Waals surface area contributed by atoms with E-state index >= 15 is 0 Å². The molecule has 1 aliphatic heterocycles. The van der Waals surface area contributed by atoms with E-state index in [1.54, 1.807) is 18.3 Å². The van der Waals surface area contributed by atoms with E-state index in [9.17, 15) is 9.00 Å². The molecule has 0 saturated carbocycles. The summed E-state index contributed by atoms with van der Waals surface area (Å²) in [6.45, 7) is 0.639. The van der Waals surface area contributed by atoms with Gasteiger partial charge in [-0.1, -0.05) is 0 Å². The lowest BCUT2D eigenvalue weighted by Crippen LogP contribution is -2.31. The van der Waals surface area contributed by atoms with Crippen LogP contribution in [0, 0.1) is 0 Å². The van der Waals surface area contributed by atoms with E-state index in [4.69, 9.17) is 0 Å². The first kappa shape index (κ1) is 12.0. The fourth-order valence-electron chi connectivity index (χ4n) is 2.06. The van der Waals surface area contributed by atoms with E-state index < -0.39 is 10.8 Å². The summed E-state index contributed by atoms with van der Waals surface area (Å²) >= 11 is 0. The molecule has 6 nitrogen and oxygen atoms in total. The quantitative estimate of drug-likeness (QED) is 0.782. The second-order valence-corrected chi connectivity index (χ2v) is 5.53. The zero-order valence-corrected chi connectivity index (χ0v) is 11.1. The molecule has 1 unspecified atom stereocenters. The first-order valence-electron chi connectivity index (χ1n) is 5.82. The second-order valence-electron chi connectivity index (χ2n) is 4.26. The maximum absolute atomic E-state index is 11.7. The lowest BCUT2D eigenvalue weighted by molar-refractivity contribution is 0.0946. The summed E-state index contributed by atoms with van der Waals surface area (Å²) in [6.07, 6.45) is 3.88. The lowest BCUT2D eigenvalue weighted by atomic mass is 10.1. The predicted octanol–water partition coefficient (Wildman–Crippen LogP) is 0.495. The summed E-state index contributed by atoms with van der Waals surface area (Å²) in [5.41, 5.74) is 2.95. The third-order valence-corrected chi connectivity index (χ3v) is 3.68. The molecule has 0 spiro atoms. The molecule has 0 bridgehead atoms. The van der Waals surface area contributed by atoms with Gasteiger partial charge in [-0.3, -0.25) is 9.00 Å². The van der Waals surface area contributed by atoms with Gasteiger partial charge in [-0.2, -0.15) is 0 Å². The molecule has 98 valence electrons. The Morgan fingerprint density at radius 3 is 3.00 bits per heavy atom. The molecule has 3 heterocycles. The Morgan fingerprint density at radius 1 is 1.42 bits per heavy atom. The van der Waals surface area contributed by atoms with E-state index in [-0.39, 0.29) is 11.1 Å². The Hall–Kier alpha value is -2.02. The van der Waals surface area contributed by atoms with Crippen molar-refractivity contribution in [2.45, 2.75) is 11.6 Å². The molecule has 0 fully saturated rings. The van der Waals surface area contributed by atoms with Crippen LogP contribution in [0.2, 0.25) is 0 Å². The number of nitrogens with zero attached hydrogens (tertiary/aromatic N) is 2. The summed E-state index contributed by atoms with van der Waals surface area (Å²) in [5, 5.41) is 3.08. The van der Waals surface area contributed by atoms with Crippen molar-refractivity contribution in [3.8, 4) is 11.4 Å². The number of hydrogen-bond donors (Lipinski definition) is 2. The topological polar surface area (TPSA) is 87.7 Å². The summed E-state index contributed by atoms with van der Waals surface area (Å²) in [7, 11) is -1.23. The van der Waals surface area contributed by atoms with Gasteiger partial charge in [-0.15, -0.1) is 0 Å². The van der Waals surface area contributed by atoms with Crippen LogP contribution in [0.15, 0.2) is 23.5 Å². The highest BCUT2D eigenvalue weighted by Crippen LogP contribution is 2.22. The Bertz CT molecular complexity index is 680. The van der Waals surface area contributed by atoms with E-state index in [1.807, 2.05) is 0 Å². The fraction of sp³-hybridized carbons (Fsp3) is 0.250. The third kappa shape index (κ3) is 2.17. The van der Waals surface area contributed by atoms with E-state index in [2.05, 4.69) is 20.3 Å². The number of nitrogens with one attached hydrogen (secondary N) is 2. The molecule has 1 amide bonds. The Labute approximate surface area is 112 Å². The van der Waals surface area contributed by atoms with Gasteiger partial charge >= 0.3 is 0 Å². The van der Waals surface area contributed by atoms with Crippen molar-refractivity contribution in [3.63, 3.8) is 0 Å². The van der Waals surface area contributed by atoms with Crippen molar-refractivity contribution in [2.24, 2.45) is 0 Å². The highest BCUT2D eigenvalue weighted by atomic mass is 32.2. The highest BCUT2D eigenvalue weighted by Gasteiger charge is 2.20. The Balaban J connectivity index is 2.05. The zero-order valence-electron chi connectivity index (χ0n) is 10.3. The SMILES string of the molecule is CS(=O)c1nccc(-c2cc3c([nH]2)CCNC3=O)n1. The minimum Gasteiger partial charge on any atom is -0.356 e. The van der Waals surface area contributed by atoms with Gasteiger partial charge in [0.2, 0.25) is 5.16 Å². The van der Waals surface area contributed by atoms with Crippen molar-refractivity contribution in [2.75, 3.05) is 12.8 Å². The predicted molar refractivity (Wildman–Crippen MR) is 70.2 cm³/mol. The molecule has 7 heteroatoms. The van der Waals surface area contributed by atoms with Gasteiger partial charge in [0, 0.05) is 31.1 Å². The molecular formula is C12H12N4O2S. The number of amides is 1. The first-order valence-corrected chi connectivity index (χ1v) is 7.38. The normalized spacial score (nSPS) is 15.7. The molecule has 2 N–H and O–H groups in total. The zero-order chi connectivity index (χ0) is 13.4. The van der Waals surface area contributed by atoms with Gasteiger partial charge < -0.3 is 10.3 Å².